The van der Waals surface area contributed by atoms with Gasteiger partial charge in [-0.1, -0.05) is 29.1 Å². The van der Waals surface area contributed by atoms with Crippen molar-refractivity contribution < 1.29 is 5.21 Å². The van der Waals surface area contributed by atoms with Gasteiger partial charge < -0.3 is 10.9 Å². The minimum atomic E-state index is 0.0303. The molecule has 0 aliphatic heterocycles. The minimum absolute atomic E-state index is 0.0303. The van der Waals surface area contributed by atoms with Gasteiger partial charge in [0.1, 0.15) is 5.03 Å². The van der Waals surface area contributed by atoms with Gasteiger partial charge in [0.15, 0.2) is 5.84 Å². The molecule has 1 aromatic heterocycles. The lowest BCUT2D eigenvalue weighted by Gasteiger charge is -2.08. The molecule has 3 N–H and O–H groups in total. The van der Waals surface area contributed by atoms with Crippen molar-refractivity contribution in [3.8, 4) is 0 Å². The summed E-state index contributed by atoms with van der Waals surface area (Å²) >= 11 is 1.45. The lowest BCUT2D eigenvalue weighted by Crippen LogP contribution is -2.15. The molecule has 0 spiro atoms. The molecule has 0 atom stereocenters. The van der Waals surface area contributed by atoms with E-state index in [9.17, 15) is 0 Å². The summed E-state index contributed by atoms with van der Waals surface area (Å²) < 4.78 is 0. The topological polar surface area (TPSA) is 84.4 Å². The monoisotopic (exact) mass is 274 g/mol. The average Bonchev–Trinajstić information content (AvgIpc) is 2.42. The van der Waals surface area contributed by atoms with Crippen molar-refractivity contribution in [2.45, 2.75) is 23.8 Å². The first-order valence-corrected chi connectivity index (χ1v) is 6.48. The Morgan fingerprint density at radius 1 is 1.32 bits per heavy atom. The summed E-state index contributed by atoms with van der Waals surface area (Å²) in [7, 11) is 0. The Morgan fingerprint density at radius 3 is 2.84 bits per heavy atom. The summed E-state index contributed by atoms with van der Waals surface area (Å²) in [6, 6.07) is 7.86. The Labute approximate surface area is 115 Å². The van der Waals surface area contributed by atoms with Crippen LogP contribution in [0.5, 0.6) is 0 Å². The van der Waals surface area contributed by atoms with Crippen molar-refractivity contribution in [2.24, 2.45) is 10.9 Å². The number of aromatic nitrogens is 2. The SMILES string of the molecule is Cc1ccc(C)c(Sc2nnccc2/C(N)=N/O)c1. The highest BCUT2D eigenvalue weighted by Gasteiger charge is 2.11. The third kappa shape index (κ3) is 3.03. The maximum Gasteiger partial charge on any atom is 0.172 e. The van der Waals surface area contributed by atoms with Crippen LogP contribution in [0.15, 0.2) is 45.5 Å². The lowest BCUT2D eigenvalue weighted by molar-refractivity contribution is 0.318. The van der Waals surface area contributed by atoms with E-state index in [0.717, 1.165) is 10.5 Å². The minimum Gasteiger partial charge on any atom is -0.409 e. The van der Waals surface area contributed by atoms with Gasteiger partial charge in [-0.05, 0) is 37.1 Å². The highest BCUT2D eigenvalue weighted by molar-refractivity contribution is 7.99. The number of rotatable bonds is 3. The first-order valence-electron chi connectivity index (χ1n) is 5.66. The van der Waals surface area contributed by atoms with Crippen molar-refractivity contribution in [3.05, 3.63) is 47.2 Å². The molecule has 2 rings (SSSR count). The molecule has 0 radical (unpaired) electrons. The van der Waals surface area contributed by atoms with Gasteiger partial charge in [-0.15, -0.1) is 5.10 Å². The first-order chi connectivity index (χ1) is 9.11. The molecule has 5 nitrogen and oxygen atoms in total. The van der Waals surface area contributed by atoms with Crippen LogP contribution in [0, 0.1) is 13.8 Å². The molecule has 0 aliphatic rings. The molecule has 98 valence electrons. The van der Waals surface area contributed by atoms with Crippen LogP contribution in [-0.2, 0) is 0 Å². The van der Waals surface area contributed by atoms with Gasteiger partial charge >= 0.3 is 0 Å². The van der Waals surface area contributed by atoms with Crippen molar-refractivity contribution in [1.29, 1.82) is 0 Å². The van der Waals surface area contributed by atoms with E-state index in [2.05, 4.69) is 33.6 Å². The number of nitrogens with zero attached hydrogens (tertiary/aromatic N) is 3. The molecule has 1 heterocycles. The number of hydrogen-bond acceptors (Lipinski definition) is 5. The molecule has 0 bridgehead atoms. The van der Waals surface area contributed by atoms with Crippen LogP contribution in [0.1, 0.15) is 16.7 Å². The summed E-state index contributed by atoms with van der Waals surface area (Å²) in [5.74, 6) is 0.0303. The van der Waals surface area contributed by atoms with E-state index >= 15 is 0 Å². The second kappa shape index (κ2) is 5.71. The van der Waals surface area contributed by atoms with Gasteiger partial charge in [0, 0.05) is 4.90 Å². The second-order valence-corrected chi connectivity index (χ2v) is 5.14. The maximum atomic E-state index is 8.78. The average molecular weight is 274 g/mol. The molecule has 6 heteroatoms. The van der Waals surface area contributed by atoms with E-state index in [-0.39, 0.29) is 5.84 Å². The largest absolute Gasteiger partial charge is 0.409 e. The summed E-state index contributed by atoms with van der Waals surface area (Å²) in [6.07, 6.45) is 1.51. The van der Waals surface area contributed by atoms with Crippen molar-refractivity contribution in [3.63, 3.8) is 0 Å². The summed E-state index contributed by atoms with van der Waals surface area (Å²) in [5.41, 5.74) is 8.52. The van der Waals surface area contributed by atoms with Gasteiger partial charge in [0.05, 0.1) is 11.8 Å². The fourth-order valence-electron chi connectivity index (χ4n) is 1.56. The van der Waals surface area contributed by atoms with Crippen LogP contribution < -0.4 is 5.73 Å². The number of hydrogen-bond donors (Lipinski definition) is 2. The number of oxime groups is 1. The van der Waals surface area contributed by atoms with Gasteiger partial charge in [-0.3, -0.25) is 0 Å². The molecule has 2 aromatic rings. The van der Waals surface area contributed by atoms with Crippen molar-refractivity contribution >= 4 is 17.6 Å². The van der Waals surface area contributed by atoms with Crippen LogP contribution in [0.25, 0.3) is 0 Å². The Bertz CT molecular complexity index is 628. The van der Waals surface area contributed by atoms with Gasteiger partial charge in [-0.25, -0.2) is 0 Å². The van der Waals surface area contributed by atoms with E-state index < -0.39 is 0 Å². The number of benzene rings is 1. The zero-order chi connectivity index (χ0) is 13.8. The number of nitrogens with two attached hydrogens (primary N) is 1. The zero-order valence-corrected chi connectivity index (χ0v) is 11.5. The normalized spacial score (nSPS) is 11.6. The lowest BCUT2D eigenvalue weighted by atomic mass is 10.2. The quantitative estimate of drug-likeness (QED) is 0.388. The van der Waals surface area contributed by atoms with E-state index in [0.29, 0.717) is 10.6 Å². The molecule has 1 aromatic carbocycles. The number of amidine groups is 1. The molecule has 0 aliphatic carbocycles. The van der Waals surface area contributed by atoms with Gasteiger partial charge in [0.25, 0.3) is 0 Å². The van der Waals surface area contributed by atoms with Crippen LogP contribution >= 0.6 is 11.8 Å². The second-order valence-electron chi connectivity index (χ2n) is 4.11. The predicted molar refractivity (Wildman–Crippen MR) is 74.6 cm³/mol. The van der Waals surface area contributed by atoms with E-state index in [1.165, 1.54) is 23.5 Å². The van der Waals surface area contributed by atoms with Gasteiger partial charge in [0.2, 0.25) is 0 Å². The van der Waals surface area contributed by atoms with Crippen molar-refractivity contribution in [2.75, 3.05) is 0 Å². The Hall–Kier alpha value is -2.08. The summed E-state index contributed by atoms with van der Waals surface area (Å²) in [5, 5.41) is 20.3. The molecule has 0 unspecified atom stereocenters. The maximum absolute atomic E-state index is 8.78. The molecule has 0 saturated carbocycles. The fraction of sp³-hybridized carbons (Fsp3) is 0.154. The number of aryl methyl sites for hydroxylation is 2. The Balaban J connectivity index is 2.41. The first kappa shape index (κ1) is 13.4. The smallest absolute Gasteiger partial charge is 0.172 e. The van der Waals surface area contributed by atoms with E-state index in [1.807, 2.05) is 13.8 Å². The third-order valence-electron chi connectivity index (χ3n) is 2.62. The predicted octanol–water partition coefficient (Wildman–Crippen LogP) is 2.34. The molecule has 0 amide bonds. The molecular formula is C13H14N4OS. The zero-order valence-electron chi connectivity index (χ0n) is 10.7. The van der Waals surface area contributed by atoms with Crippen LogP contribution in [-0.4, -0.2) is 21.2 Å². The summed E-state index contributed by atoms with van der Waals surface area (Å²) in [4.78, 5) is 1.08. The van der Waals surface area contributed by atoms with E-state index in [1.54, 1.807) is 6.07 Å². The van der Waals surface area contributed by atoms with Crippen LogP contribution in [0.4, 0.5) is 0 Å². The fourth-order valence-corrected chi connectivity index (χ4v) is 2.62. The Kier molecular flexibility index (Phi) is 4.01. The standard InChI is InChI=1S/C13H14N4OS/c1-8-3-4-9(2)11(7-8)19-13-10(12(14)17-18)5-6-15-16-13/h3-7,18H,1-2H3,(H2,14,17). The van der Waals surface area contributed by atoms with Crippen molar-refractivity contribution in [1.82, 2.24) is 10.2 Å². The molecular weight excluding hydrogens is 260 g/mol. The summed E-state index contributed by atoms with van der Waals surface area (Å²) in [6.45, 7) is 4.06. The highest BCUT2D eigenvalue weighted by Crippen LogP contribution is 2.31. The third-order valence-corrected chi connectivity index (χ3v) is 3.78. The van der Waals surface area contributed by atoms with Crippen LogP contribution in [0.2, 0.25) is 0 Å². The van der Waals surface area contributed by atoms with E-state index in [4.69, 9.17) is 10.9 Å². The molecule has 0 saturated heterocycles. The highest BCUT2D eigenvalue weighted by atomic mass is 32.2. The Morgan fingerprint density at radius 2 is 2.11 bits per heavy atom. The molecule has 0 fully saturated rings. The molecule has 19 heavy (non-hydrogen) atoms. The van der Waals surface area contributed by atoms with Crippen LogP contribution in [0.3, 0.4) is 0 Å². The van der Waals surface area contributed by atoms with Gasteiger partial charge in [-0.2, -0.15) is 5.10 Å².